The zero-order valence-corrected chi connectivity index (χ0v) is 16.6. The van der Waals surface area contributed by atoms with Gasteiger partial charge in [-0.3, -0.25) is 24.5 Å². The average Bonchev–Trinajstić information content (AvgIpc) is 2.71. The normalized spacial score (nSPS) is 22.7. The molecule has 0 aliphatic carbocycles. The Morgan fingerprint density at radius 2 is 2.13 bits per heavy atom. The smallest absolute Gasteiger partial charge is 0.322 e. The molecule has 0 spiro atoms. The topological polar surface area (TPSA) is 123 Å². The number of fused-ring (bicyclic) bond motifs is 1. The number of nitrogens with one attached hydrogen (secondary N) is 2. The van der Waals surface area contributed by atoms with Crippen LogP contribution >= 0.6 is 0 Å². The standard InChI is InChI=1S/C20H23N5O5/c1-12(26)30-25-7-6-21-10-17(25)13-2-4-16-15(8-13)9-22-24(20(16)29)11-14-3-5-18(27)23-19(14)28/h2,4,8-9,14,17,21H,3,5-7,10-11H2,1H3,(H,23,27,28). The molecule has 158 valence electrons. The lowest BCUT2D eigenvalue weighted by Gasteiger charge is -2.34. The highest BCUT2D eigenvalue weighted by atomic mass is 16.7. The first-order chi connectivity index (χ1) is 14.4. The number of benzene rings is 1. The number of hydrogen-bond donors (Lipinski definition) is 2. The van der Waals surface area contributed by atoms with Crippen molar-refractivity contribution >= 4 is 28.6 Å². The van der Waals surface area contributed by atoms with Gasteiger partial charge in [-0.05, 0) is 24.1 Å². The Kier molecular flexibility index (Phi) is 5.60. The van der Waals surface area contributed by atoms with E-state index in [1.807, 2.05) is 12.1 Å². The SMILES string of the molecule is CC(=O)ON1CCNCC1c1ccc2c(=O)n(CC3CCC(=O)NC3=O)ncc2c1. The Labute approximate surface area is 172 Å². The van der Waals surface area contributed by atoms with Gasteiger partial charge in [-0.25, -0.2) is 4.68 Å². The molecule has 0 bridgehead atoms. The van der Waals surface area contributed by atoms with Gasteiger partial charge in [0.25, 0.3) is 5.56 Å². The van der Waals surface area contributed by atoms with Crippen molar-refractivity contribution in [2.45, 2.75) is 32.4 Å². The molecule has 2 fully saturated rings. The fourth-order valence-electron chi connectivity index (χ4n) is 3.91. The summed E-state index contributed by atoms with van der Waals surface area (Å²) in [6.07, 6.45) is 2.26. The van der Waals surface area contributed by atoms with E-state index in [9.17, 15) is 19.2 Å². The van der Waals surface area contributed by atoms with E-state index < -0.39 is 5.92 Å². The van der Waals surface area contributed by atoms with Gasteiger partial charge in [-0.2, -0.15) is 5.10 Å². The van der Waals surface area contributed by atoms with Crippen LogP contribution in [-0.2, 0) is 25.8 Å². The molecule has 0 saturated carbocycles. The van der Waals surface area contributed by atoms with Gasteiger partial charge in [0.05, 0.1) is 30.1 Å². The van der Waals surface area contributed by atoms with E-state index >= 15 is 0 Å². The molecule has 1 aromatic carbocycles. The van der Waals surface area contributed by atoms with E-state index in [0.717, 1.165) is 5.56 Å². The van der Waals surface area contributed by atoms with Crippen molar-refractivity contribution in [3.05, 3.63) is 40.3 Å². The molecule has 10 nitrogen and oxygen atoms in total. The predicted octanol–water partition coefficient (Wildman–Crippen LogP) is -0.126. The first-order valence-corrected chi connectivity index (χ1v) is 9.92. The number of piperazine rings is 1. The van der Waals surface area contributed by atoms with Crippen LogP contribution in [0.2, 0.25) is 0 Å². The lowest BCUT2D eigenvalue weighted by Crippen LogP contribution is -2.46. The molecule has 2 saturated heterocycles. The monoisotopic (exact) mass is 413 g/mol. The van der Waals surface area contributed by atoms with Crippen molar-refractivity contribution in [3.63, 3.8) is 0 Å². The van der Waals surface area contributed by atoms with Gasteiger partial charge < -0.3 is 10.2 Å². The summed E-state index contributed by atoms with van der Waals surface area (Å²) in [4.78, 5) is 52.9. The summed E-state index contributed by atoms with van der Waals surface area (Å²) in [6, 6.07) is 5.27. The summed E-state index contributed by atoms with van der Waals surface area (Å²) in [5, 5.41) is 12.6. The number of carbonyl (C=O) groups is 3. The Morgan fingerprint density at radius 1 is 1.30 bits per heavy atom. The number of aromatic nitrogens is 2. The molecule has 2 aliphatic heterocycles. The first kappa shape index (κ1) is 20.2. The molecule has 10 heteroatoms. The molecular weight excluding hydrogens is 390 g/mol. The number of hydroxylamine groups is 2. The lowest BCUT2D eigenvalue weighted by molar-refractivity contribution is -0.204. The van der Waals surface area contributed by atoms with Crippen LogP contribution in [0.1, 0.15) is 31.4 Å². The first-order valence-electron chi connectivity index (χ1n) is 9.92. The maximum absolute atomic E-state index is 12.9. The van der Waals surface area contributed by atoms with Crippen LogP contribution in [0.15, 0.2) is 29.2 Å². The molecule has 3 heterocycles. The van der Waals surface area contributed by atoms with Gasteiger partial charge in [0.15, 0.2) is 0 Å². The van der Waals surface area contributed by atoms with Crippen LogP contribution in [0.3, 0.4) is 0 Å². The fraction of sp³-hybridized carbons (Fsp3) is 0.450. The van der Waals surface area contributed by atoms with E-state index in [1.54, 1.807) is 17.3 Å². The second-order valence-electron chi connectivity index (χ2n) is 7.57. The molecule has 4 rings (SSSR count). The largest absolute Gasteiger partial charge is 0.368 e. The summed E-state index contributed by atoms with van der Waals surface area (Å²) in [7, 11) is 0. The third-order valence-electron chi connectivity index (χ3n) is 5.45. The zero-order chi connectivity index (χ0) is 21.3. The summed E-state index contributed by atoms with van der Waals surface area (Å²) in [5.74, 6) is -1.50. The fourth-order valence-corrected chi connectivity index (χ4v) is 3.91. The summed E-state index contributed by atoms with van der Waals surface area (Å²) >= 11 is 0. The van der Waals surface area contributed by atoms with Crippen molar-refractivity contribution in [2.24, 2.45) is 5.92 Å². The van der Waals surface area contributed by atoms with Crippen molar-refractivity contribution in [3.8, 4) is 0 Å². The van der Waals surface area contributed by atoms with Crippen molar-refractivity contribution in [2.75, 3.05) is 19.6 Å². The van der Waals surface area contributed by atoms with Gasteiger partial charge >= 0.3 is 5.97 Å². The molecule has 2 amide bonds. The molecular formula is C20H23N5O5. The second-order valence-corrected chi connectivity index (χ2v) is 7.57. The number of hydrogen-bond acceptors (Lipinski definition) is 8. The van der Waals surface area contributed by atoms with E-state index in [1.165, 1.54) is 11.6 Å². The van der Waals surface area contributed by atoms with E-state index in [4.69, 9.17) is 4.84 Å². The lowest BCUT2D eigenvalue weighted by atomic mass is 9.98. The maximum atomic E-state index is 12.9. The highest BCUT2D eigenvalue weighted by molar-refractivity contribution is 5.98. The highest BCUT2D eigenvalue weighted by Crippen LogP contribution is 2.25. The number of amides is 2. The number of imide groups is 1. The number of rotatable bonds is 4. The Hall–Kier alpha value is -3.11. The molecule has 2 aliphatic rings. The van der Waals surface area contributed by atoms with Crippen LogP contribution in [0.5, 0.6) is 0 Å². The third kappa shape index (κ3) is 4.10. The van der Waals surface area contributed by atoms with Crippen LogP contribution in [0, 0.1) is 5.92 Å². The number of carbonyl (C=O) groups excluding carboxylic acids is 3. The number of piperidine rings is 1. The summed E-state index contributed by atoms with van der Waals surface area (Å²) < 4.78 is 1.27. The van der Waals surface area contributed by atoms with Crippen molar-refractivity contribution in [1.82, 2.24) is 25.5 Å². The van der Waals surface area contributed by atoms with Crippen LogP contribution in [0.4, 0.5) is 0 Å². The van der Waals surface area contributed by atoms with Crippen molar-refractivity contribution < 1.29 is 19.2 Å². The van der Waals surface area contributed by atoms with Crippen LogP contribution in [-0.4, -0.2) is 52.3 Å². The summed E-state index contributed by atoms with van der Waals surface area (Å²) in [6.45, 7) is 3.38. The third-order valence-corrected chi connectivity index (χ3v) is 5.45. The molecule has 2 unspecified atom stereocenters. The quantitative estimate of drug-likeness (QED) is 0.665. The Balaban J connectivity index is 1.59. The van der Waals surface area contributed by atoms with Crippen LogP contribution in [0.25, 0.3) is 10.8 Å². The van der Waals surface area contributed by atoms with Gasteiger partial charge in [-0.1, -0.05) is 6.07 Å². The maximum Gasteiger partial charge on any atom is 0.322 e. The molecule has 1 aromatic heterocycles. The Bertz CT molecular complexity index is 1070. The van der Waals surface area contributed by atoms with Gasteiger partial charge in [-0.15, -0.1) is 5.06 Å². The minimum Gasteiger partial charge on any atom is -0.368 e. The highest BCUT2D eigenvalue weighted by Gasteiger charge is 2.28. The number of nitrogens with zero attached hydrogens (tertiary/aromatic N) is 3. The van der Waals surface area contributed by atoms with Crippen LogP contribution < -0.4 is 16.2 Å². The zero-order valence-electron chi connectivity index (χ0n) is 16.6. The minimum atomic E-state index is -0.463. The molecule has 2 aromatic rings. The average molecular weight is 413 g/mol. The van der Waals surface area contributed by atoms with Gasteiger partial charge in [0.1, 0.15) is 0 Å². The van der Waals surface area contributed by atoms with Gasteiger partial charge in [0.2, 0.25) is 11.8 Å². The van der Waals surface area contributed by atoms with E-state index in [-0.39, 0.29) is 42.4 Å². The van der Waals surface area contributed by atoms with E-state index in [0.29, 0.717) is 36.8 Å². The van der Waals surface area contributed by atoms with E-state index in [2.05, 4.69) is 15.7 Å². The molecule has 2 N–H and O–H groups in total. The molecule has 2 atom stereocenters. The van der Waals surface area contributed by atoms with Crippen molar-refractivity contribution in [1.29, 1.82) is 0 Å². The summed E-state index contributed by atoms with van der Waals surface area (Å²) in [5.41, 5.74) is 0.613. The second kappa shape index (κ2) is 8.33. The predicted molar refractivity (Wildman–Crippen MR) is 106 cm³/mol. The molecule has 0 radical (unpaired) electrons. The minimum absolute atomic E-state index is 0.127. The molecule has 30 heavy (non-hydrogen) atoms. The van der Waals surface area contributed by atoms with Gasteiger partial charge in [0, 0.05) is 38.4 Å². The Morgan fingerprint density at radius 3 is 2.90 bits per heavy atom.